The molecule has 1 atom stereocenters. The van der Waals surface area contributed by atoms with Crippen molar-refractivity contribution in [1.29, 1.82) is 0 Å². The fraction of sp³-hybridized carbons (Fsp3) is 0.478. The molecular weight excluding hydrogens is 399 g/mol. The number of nitrogens with zero attached hydrogens (tertiary/aromatic N) is 4. The summed E-state index contributed by atoms with van der Waals surface area (Å²) < 4.78 is 19.3. The Balaban J connectivity index is 1.58. The molecule has 1 unspecified atom stereocenters. The molecule has 30 heavy (non-hydrogen) atoms. The maximum atomic E-state index is 13.5. The summed E-state index contributed by atoms with van der Waals surface area (Å²) in [5.74, 6) is 0.0895. The minimum atomic E-state index is -0.207. The van der Waals surface area contributed by atoms with Crippen LogP contribution in [-0.4, -0.2) is 31.5 Å². The number of piperidine rings is 1. The van der Waals surface area contributed by atoms with E-state index in [1.807, 2.05) is 16.7 Å². The van der Waals surface area contributed by atoms with Crippen LogP contribution in [-0.2, 0) is 13.6 Å². The normalized spacial score (nSPS) is 18.2. The van der Waals surface area contributed by atoms with Gasteiger partial charge in [-0.1, -0.05) is 26.8 Å². The van der Waals surface area contributed by atoms with Gasteiger partial charge in [0.15, 0.2) is 5.65 Å². The van der Waals surface area contributed by atoms with Crippen LogP contribution in [0.1, 0.15) is 45.2 Å². The third-order valence-corrected chi connectivity index (χ3v) is 6.52. The van der Waals surface area contributed by atoms with Crippen LogP contribution in [0.3, 0.4) is 0 Å². The predicted molar refractivity (Wildman–Crippen MR) is 120 cm³/mol. The Bertz CT molecular complexity index is 1110. The number of aryl methyl sites for hydroxylation is 1. The van der Waals surface area contributed by atoms with Crippen molar-refractivity contribution in [2.75, 3.05) is 13.1 Å². The van der Waals surface area contributed by atoms with Crippen LogP contribution in [0.25, 0.3) is 11.2 Å². The molecule has 5 nitrogen and oxygen atoms in total. The summed E-state index contributed by atoms with van der Waals surface area (Å²) in [5.41, 5.74) is 2.65. The van der Waals surface area contributed by atoms with E-state index < -0.39 is 0 Å². The average molecular weight is 429 g/mol. The van der Waals surface area contributed by atoms with Gasteiger partial charge >= 0.3 is 5.69 Å². The quantitative estimate of drug-likeness (QED) is 0.560. The molecule has 0 aliphatic carbocycles. The molecule has 3 aromatic rings. The molecule has 2 aromatic heterocycles. The van der Waals surface area contributed by atoms with Gasteiger partial charge in [0.25, 0.3) is 0 Å². The maximum Gasteiger partial charge on any atom is 0.330 e. The molecule has 3 heterocycles. The van der Waals surface area contributed by atoms with Gasteiger partial charge in [0.05, 0.1) is 5.52 Å². The first-order chi connectivity index (χ1) is 14.2. The number of halogens is 1. The summed E-state index contributed by atoms with van der Waals surface area (Å²) in [5, 5.41) is 0. The highest BCUT2D eigenvalue weighted by molar-refractivity contribution is 7.97. The third kappa shape index (κ3) is 4.47. The molecule has 0 radical (unpaired) electrons. The maximum absolute atomic E-state index is 13.5. The Kier molecular flexibility index (Phi) is 5.77. The summed E-state index contributed by atoms with van der Waals surface area (Å²) in [4.78, 5) is 18.6. The molecule has 1 aromatic carbocycles. The third-order valence-electron chi connectivity index (χ3n) is 5.47. The standard InChI is InChI=1S/C23H29FN4OS/c1-23(2,3)15-28-20-11-10-19(25-21(20)26(4)22(28)29)16-7-6-12-27(14-16)30-18-9-5-8-17(24)13-18/h5,8-11,13,16H,6-7,12,14-15H2,1-4H3. The van der Waals surface area contributed by atoms with Crippen molar-refractivity contribution in [3.8, 4) is 0 Å². The SMILES string of the molecule is Cn1c(=O)n(CC(C)(C)C)c2ccc(C3CCCN(Sc4cccc(F)c4)C3)nc21. The molecule has 0 spiro atoms. The number of hydrogen-bond acceptors (Lipinski definition) is 4. The second-order valence-electron chi connectivity index (χ2n) is 9.34. The van der Waals surface area contributed by atoms with E-state index in [1.54, 1.807) is 35.7 Å². The zero-order valence-corrected chi connectivity index (χ0v) is 18.9. The Labute approximate surface area is 181 Å². The van der Waals surface area contributed by atoms with Gasteiger partial charge in [-0.25, -0.2) is 18.5 Å². The van der Waals surface area contributed by atoms with E-state index in [9.17, 15) is 9.18 Å². The van der Waals surface area contributed by atoms with Crippen molar-refractivity contribution in [3.05, 3.63) is 58.4 Å². The first-order valence-corrected chi connectivity index (χ1v) is 11.2. The number of fused-ring (bicyclic) bond motifs is 1. The van der Waals surface area contributed by atoms with Gasteiger partial charge in [0.2, 0.25) is 0 Å². The summed E-state index contributed by atoms with van der Waals surface area (Å²) in [6, 6.07) is 10.8. The van der Waals surface area contributed by atoms with Gasteiger partial charge in [0.1, 0.15) is 5.82 Å². The van der Waals surface area contributed by atoms with E-state index in [1.165, 1.54) is 6.07 Å². The summed E-state index contributed by atoms with van der Waals surface area (Å²) >= 11 is 1.60. The minimum absolute atomic E-state index is 0.00872. The van der Waals surface area contributed by atoms with Crippen LogP contribution in [0.15, 0.2) is 46.1 Å². The minimum Gasteiger partial charge on any atom is -0.290 e. The van der Waals surface area contributed by atoms with E-state index in [-0.39, 0.29) is 16.9 Å². The van der Waals surface area contributed by atoms with Gasteiger partial charge in [-0.3, -0.25) is 9.13 Å². The zero-order chi connectivity index (χ0) is 21.5. The molecule has 1 saturated heterocycles. The Morgan fingerprint density at radius 3 is 2.77 bits per heavy atom. The molecule has 0 amide bonds. The molecule has 160 valence electrons. The van der Waals surface area contributed by atoms with Gasteiger partial charge in [0, 0.05) is 43.2 Å². The van der Waals surface area contributed by atoms with E-state index in [2.05, 4.69) is 31.1 Å². The monoisotopic (exact) mass is 428 g/mol. The highest BCUT2D eigenvalue weighted by Crippen LogP contribution is 2.33. The molecule has 1 aliphatic heterocycles. The van der Waals surface area contributed by atoms with E-state index in [0.29, 0.717) is 12.5 Å². The highest BCUT2D eigenvalue weighted by atomic mass is 32.2. The van der Waals surface area contributed by atoms with Crippen LogP contribution in [0, 0.1) is 11.2 Å². The first-order valence-electron chi connectivity index (χ1n) is 10.5. The van der Waals surface area contributed by atoms with Gasteiger partial charge in [-0.15, -0.1) is 0 Å². The molecular formula is C23H29FN4OS. The molecule has 0 N–H and O–H groups in total. The highest BCUT2D eigenvalue weighted by Gasteiger charge is 2.25. The molecule has 4 rings (SSSR count). The second kappa shape index (κ2) is 8.19. The number of aromatic nitrogens is 3. The van der Waals surface area contributed by atoms with Crippen molar-refractivity contribution in [1.82, 2.24) is 18.4 Å². The summed E-state index contributed by atoms with van der Waals surface area (Å²) in [6.07, 6.45) is 2.13. The molecule has 0 saturated carbocycles. The summed E-state index contributed by atoms with van der Waals surface area (Å²) in [6.45, 7) is 8.88. The lowest BCUT2D eigenvalue weighted by Gasteiger charge is -2.31. The predicted octanol–water partition coefficient (Wildman–Crippen LogP) is 4.81. The van der Waals surface area contributed by atoms with Gasteiger partial charge in [-0.2, -0.15) is 0 Å². The van der Waals surface area contributed by atoms with Crippen LogP contribution in [0.5, 0.6) is 0 Å². The smallest absolute Gasteiger partial charge is 0.290 e. The van der Waals surface area contributed by atoms with E-state index in [4.69, 9.17) is 4.98 Å². The number of benzene rings is 1. The molecule has 1 fully saturated rings. The second-order valence-corrected chi connectivity index (χ2v) is 10.5. The summed E-state index contributed by atoms with van der Waals surface area (Å²) in [7, 11) is 1.80. The average Bonchev–Trinajstić information content (AvgIpc) is 2.91. The van der Waals surface area contributed by atoms with E-state index in [0.717, 1.165) is 47.7 Å². The topological polar surface area (TPSA) is 43.1 Å². The lowest BCUT2D eigenvalue weighted by atomic mass is 9.95. The van der Waals surface area contributed by atoms with Crippen molar-refractivity contribution in [3.63, 3.8) is 0 Å². The number of hydrogen-bond donors (Lipinski definition) is 0. The fourth-order valence-electron chi connectivity index (χ4n) is 4.08. The van der Waals surface area contributed by atoms with Crippen LogP contribution in [0.2, 0.25) is 0 Å². The number of imidazole rings is 1. The zero-order valence-electron chi connectivity index (χ0n) is 18.1. The van der Waals surface area contributed by atoms with Gasteiger partial charge in [-0.05, 0) is 60.5 Å². The van der Waals surface area contributed by atoms with Crippen LogP contribution < -0.4 is 5.69 Å². The largest absolute Gasteiger partial charge is 0.330 e. The van der Waals surface area contributed by atoms with Crippen molar-refractivity contribution < 1.29 is 4.39 Å². The fourth-order valence-corrected chi connectivity index (χ4v) is 5.16. The number of rotatable bonds is 4. The lowest BCUT2D eigenvalue weighted by Crippen LogP contribution is -2.29. The van der Waals surface area contributed by atoms with Crippen molar-refractivity contribution >= 4 is 23.1 Å². The van der Waals surface area contributed by atoms with Crippen LogP contribution >= 0.6 is 11.9 Å². The first kappa shape index (κ1) is 21.1. The Hall–Kier alpha value is -2.12. The molecule has 7 heteroatoms. The Morgan fingerprint density at radius 1 is 1.23 bits per heavy atom. The van der Waals surface area contributed by atoms with Crippen LogP contribution in [0.4, 0.5) is 4.39 Å². The van der Waals surface area contributed by atoms with Crippen molar-refractivity contribution in [2.24, 2.45) is 12.5 Å². The lowest BCUT2D eigenvalue weighted by molar-refractivity contribution is 0.339. The van der Waals surface area contributed by atoms with Crippen molar-refractivity contribution in [2.45, 2.75) is 51.0 Å². The van der Waals surface area contributed by atoms with E-state index >= 15 is 0 Å². The Morgan fingerprint density at radius 2 is 2.03 bits per heavy atom. The number of pyridine rings is 1. The molecule has 0 bridgehead atoms. The van der Waals surface area contributed by atoms with Gasteiger partial charge < -0.3 is 0 Å². The molecule has 1 aliphatic rings.